The third-order valence-electron chi connectivity index (χ3n) is 3.17. The van der Waals surface area contributed by atoms with E-state index >= 15 is 0 Å². The van der Waals surface area contributed by atoms with Crippen LogP contribution < -0.4 is 10.5 Å². The fraction of sp³-hybridized carbons (Fsp3) is 0.133. The van der Waals surface area contributed by atoms with Crippen LogP contribution in [-0.2, 0) is 0 Å². The molecule has 0 bridgehead atoms. The van der Waals surface area contributed by atoms with Gasteiger partial charge >= 0.3 is 0 Å². The summed E-state index contributed by atoms with van der Waals surface area (Å²) in [7, 11) is 1.65. The largest absolute Gasteiger partial charge is 0.497 e. The second kappa shape index (κ2) is 4.31. The summed E-state index contributed by atoms with van der Waals surface area (Å²) in [5, 5.41) is 0. The molecule has 96 valence electrons. The Hall–Kier alpha value is -2.49. The minimum Gasteiger partial charge on any atom is -0.497 e. The fourth-order valence-electron chi connectivity index (χ4n) is 2.13. The molecule has 0 aliphatic heterocycles. The van der Waals surface area contributed by atoms with Crippen molar-refractivity contribution in [1.29, 1.82) is 0 Å². The number of nitrogen functional groups attached to an aromatic ring is 1. The van der Waals surface area contributed by atoms with E-state index in [1.165, 1.54) is 0 Å². The van der Waals surface area contributed by atoms with Gasteiger partial charge in [0.05, 0.1) is 7.11 Å². The molecule has 0 spiro atoms. The molecule has 3 rings (SSSR count). The van der Waals surface area contributed by atoms with Gasteiger partial charge in [-0.2, -0.15) is 0 Å². The molecule has 2 N–H and O–H groups in total. The van der Waals surface area contributed by atoms with Gasteiger partial charge in [0.2, 0.25) is 0 Å². The van der Waals surface area contributed by atoms with Gasteiger partial charge in [0.25, 0.3) is 0 Å². The summed E-state index contributed by atoms with van der Waals surface area (Å²) < 4.78 is 7.06. The van der Waals surface area contributed by atoms with Gasteiger partial charge in [0.1, 0.15) is 22.9 Å². The van der Waals surface area contributed by atoms with Gasteiger partial charge in [0, 0.05) is 11.8 Å². The van der Waals surface area contributed by atoms with E-state index in [4.69, 9.17) is 10.5 Å². The summed E-state index contributed by atoms with van der Waals surface area (Å²) in [6.07, 6.45) is 1.99. The molecule has 0 saturated heterocycles. The van der Waals surface area contributed by atoms with E-state index in [-0.39, 0.29) is 0 Å². The molecule has 4 nitrogen and oxygen atoms in total. The molecular formula is C15H15N3O. The maximum Gasteiger partial charge on any atom is 0.139 e. The minimum absolute atomic E-state index is 0.656. The lowest BCUT2D eigenvalue weighted by molar-refractivity contribution is 0.415. The summed E-state index contributed by atoms with van der Waals surface area (Å²) >= 11 is 0. The Bertz CT molecular complexity index is 729. The van der Waals surface area contributed by atoms with Gasteiger partial charge in [0.15, 0.2) is 0 Å². The van der Waals surface area contributed by atoms with E-state index in [0.29, 0.717) is 5.82 Å². The van der Waals surface area contributed by atoms with Crippen LogP contribution in [0.15, 0.2) is 42.6 Å². The molecule has 1 aromatic carbocycles. The third-order valence-corrected chi connectivity index (χ3v) is 3.17. The Kier molecular flexibility index (Phi) is 2.63. The molecule has 0 saturated carbocycles. The van der Waals surface area contributed by atoms with E-state index in [0.717, 1.165) is 28.2 Å². The van der Waals surface area contributed by atoms with Crippen LogP contribution in [0.3, 0.4) is 0 Å². The first-order chi connectivity index (χ1) is 9.19. The number of anilines is 1. The van der Waals surface area contributed by atoms with Gasteiger partial charge < -0.3 is 10.5 Å². The molecule has 2 aromatic heterocycles. The predicted octanol–water partition coefficient (Wildman–Crippen LogP) is 2.90. The SMILES string of the molecule is COc1ccc(-c2nc3ccc(C)cn3c2N)cc1. The van der Waals surface area contributed by atoms with Crippen molar-refractivity contribution in [2.24, 2.45) is 0 Å². The number of hydrogen-bond acceptors (Lipinski definition) is 3. The Morgan fingerprint density at radius 3 is 2.53 bits per heavy atom. The molecule has 0 unspecified atom stereocenters. The highest BCUT2D eigenvalue weighted by molar-refractivity contribution is 5.75. The smallest absolute Gasteiger partial charge is 0.139 e. The Morgan fingerprint density at radius 1 is 1.11 bits per heavy atom. The van der Waals surface area contributed by atoms with Crippen LogP contribution >= 0.6 is 0 Å². The maximum absolute atomic E-state index is 6.18. The van der Waals surface area contributed by atoms with Gasteiger partial charge in [-0.1, -0.05) is 6.07 Å². The molecule has 0 aliphatic carbocycles. The van der Waals surface area contributed by atoms with Crippen molar-refractivity contribution in [3.8, 4) is 17.0 Å². The monoisotopic (exact) mass is 253 g/mol. The third kappa shape index (κ3) is 1.91. The Balaban J connectivity index is 2.16. The van der Waals surface area contributed by atoms with E-state index in [1.54, 1.807) is 7.11 Å². The molecule has 2 heterocycles. The van der Waals surface area contributed by atoms with Crippen LogP contribution in [0.5, 0.6) is 5.75 Å². The number of nitrogens with zero attached hydrogens (tertiary/aromatic N) is 2. The fourth-order valence-corrected chi connectivity index (χ4v) is 2.13. The second-order valence-corrected chi connectivity index (χ2v) is 4.51. The standard InChI is InChI=1S/C15H15N3O/c1-10-3-8-13-17-14(15(16)18(13)9-10)11-4-6-12(19-2)7-5-11/h3-9H,16H2,1-2H3. The molecule has 0 radical (unpaired) electrons. The number of benzene rings is 1. The Labute approximate surface area is 111 Å². The van der Waals surface area contributed by atoms with Gasteiger partial charge in [-0.25, -0.2) is 4.98 Å². The highest BCUT2D eigenvalue weighted by Gasteiger charge is 2.11. The second-order valence-electron chi connectivity index (χ2n) is 4.51. The summed E-state index contributed by atoms with van der Waals surface area (Å²) in [5.74, 6) is 1.48. The zero-order chi connectivity index (χ0) is 13.4. The van der Waals surface area contributed by atoms with Gasteiger partial charge in [-0.15, -0.1) is 0 Å². The molecule has 0 amide bonds. The molecule has 19 heavy (non-hydrogen) atoms. The van der Waals surface area contributed by atoms with Crippen LogP contribution in [0.4, 0.5) is 5.82 Å². The number of imidazole rings is 1. The number of rotatable bonds is 2. The molecule has 3 aromatic rings. The van der Waals surface area contributed by atoms with Crippen molar-refractivity contribution in [2.75, 3.05) is 12.8 Å². The summed E-state index contributed by atoms with van der Waals surface area (Å²) in [5.41, 5.74) is 9.97. The molecule has 0 fully saturated rings. The number of aromatic nitrogens is 2. The maximum atomic E-state index is 6.18. The molecular weight excluding hydrogens is 238 g/mol. The number of pyridine rings is 1. The van der Waals surface area contributed by atoms with E-state index < -0.39 is 0 Å². The first kappa shape index (κ1) is 11.6. The number of fused-ring (bicyclic) bond motifs is 1. The number of hydrogen-bond donors (Lipinski definition) is 1. The van der Waals surface area contributed by atoms with E-state index in [2.05, 4.69) is 4.98 Å². The summed E-state index contributed by atoms with van der Waals surface area (Å²) in [6.45, 7) is 2.03. The van der Waals surface area contributed by atoms with Crippen molar-refractivity contribution < 1.29 is 4.74 Å². The number of nitrogens with two attached hydrogens (primary N) is 1. The van der Waals surface area contributed by atoms with Crippen molar-refractivity contribution in [2.45, 2.75) is 6.92 Å². The van der Waals surface area contributed by atoms with E-state index in [1.807, 2.05) is 53.9 Å². The summed E-state index contributed by atoms with van der Waals surface area (Å²) in [6, 6.07) is 11.7. The van der Waals surface area contributed by atoms with Crippen molar-refractivity contribution in [3.63, 3.8) is 0 Å². The predicted molar refractivity (Wildman–Crippen MR) is 76.3 cm³/mol. The average molecular weight is 253 g/mol. The molecule has 0 aliphatic rings. The van der Waals surface area contributed by atoms with Crippen LogP contribution in [-0.4, -0.2) is 16.5 Å². The Morgan fingerprint density at radius 2 is 1.84 bits per heavy atom. The first-order valence-electron chi connectivity index (χ1n) is 6.07. The van der Waals surface area contributed by atoms with Crippen molar-refractivity contribution in [3.05, 3.63) is 48.2 Å². The van der Waals surface area contributed by atoms with Gasteiger partial charge in [-0.05, 0) is 42.8 Å². The highest BCUT2D eigenvalue weighted by Crippen LogP contribution is 2.28. The lowest BCUT2D eigenvalue weighted by Crippen LogP contribution is -1.94. The molecule has 0 atom stereocenters. The summed E-state index contributed by atoms with van der Waals surface area (Å²) in [4.78, 5) is 4.58. The zero-order valence-electron chi connectivity index (χ0n) is 10.9. The number of aryl methyl sites for hydroxylation is 1. The topological polar surface area (TPSA) is 52.5 Å². The highest BCUT2D eigenvalue weighted by atomic mass is 16.5. The van der Waals surface area contributed by atoms with Crippen molar-refractivity contribution in [1.82, 2.24) is 9.38 Å². The van der Waals surface area contributed by atoms with Gasteiger partial charge in [-0.3, -0.25) is 4.40 Å². The minimum atomic E-state index is 0.656. The van der Waals surface area contributed by atoms with Crippen LogP contribution in [0, 0.1) is 6.92 Å². The lowest BCUT2D eigenvalue weighted by Gasteiger charge is -2.02. The number of ether oxygens (including phenoxy) is 1. The van der Waals surface area contributed by atoms with E-state index in [9.17, 15) is 0 Å². The van der Waals surface area contributed by atoms with Crippen molar-refractivity contribution >= 4 is 11.5 Å². The normalized spacial score (nSPS) is 10.8. The first-order valence-corrected chi connectivity index (χ1v) is 6.07. The average Bonchev–Trinajstić information content (AvgIpc) is 2.76. The molecule has 4 heteroatoms. The quantitative estimate of drug-likeness (QED) is 0.764. The van der Waals surface area contributed by atoms with Crippen LogP contribution in [0.2, 0.25) is 0 Å². The van der Waals surface area contributed by atoms with Crippen LogP contribution in [0.1, 0.15) is 5.56 Å². The lowest BCUT2D eigenvalue weighted by atomic mass is 10.1. The number of methoxy groups -OCH3 is 1. The van der Waals surface area contributed by atoms with Crippen LogP contribution in [0.25, 0.3) is 16.9 Å². The zero-order valence-corrected chi connectivity index (χ0v) is 10.9.